The van der Waals surface area contributed by atoms with E-state index < -0.39 is 5.06 Å². The molecule has 2 nitrogen and oxygen atoms in total. The van der Waals surface area contributed by atoms with Gasteiger partial charge in [0.25, 0.3) is 0 Å². The first kappa shape index (κ1) is 11.3. The second kappa shape index (κ2) is 3.85. The minimum absolute atomic E-state index is 0.601. The third-order valence-electron chi connectivity index (χ3n) is 3.07. The first-order valence-electron chi connectivity index (χ1n) is 5.45. The van der Waals surface area contributed by atoms with Gasteiger partial charge < -0.3 is 4.74 Å². The lowest BCUT2D eigenvalue weighted by atomic mass is 10.1. The fourth-order valence-electron chi connectivity index (χ4n) is 2.22. The van der Waals surface area contributed by atoms with E-state index in [4.69, 9.17) is 16.3 Å². The van der Waals surface area contributed by atoms with E-state index in [-0.39, 0.29) is 0 Å². The van der Waals surface area contributed by atoms with Crippen LogP contribution in [0.1, 0.15) is 11.3 Å². The molecule has 17 heavy (non-hydrogen) atoms. The predicted octanol–water partition coefficient (Wildman–Crippen LogP) is 3.81. The van der Waals surface area contributed by atoms with Gasteiger partial charge >= 0.3 is 0 Å². The molecule has 1 aromatic carbocycles. The Bertz CT molecular complexity index is 601. The van der Waals surface area contributed by atoms with Gasteiger partial charge in [-0.05, 0) is 19.1 Å². The molecule has 0 N–H and O–H groups in total. The second-order valence-electron chi connectivity index (χ2n) is 4.32. The number of para-hydroxylation sites is 1. The number of benzene rings is 1. The number of aromatic nitrogens is 1. The number of rotatable bonds is 1. The Labute approximate surface area is 113 Å². The maximum Gasteiger partial charge on any atom is 0.196 e. The summed E-state index contributed by atoms with van der Waals surface area (Å²) < 4.78 is 5.92. The van der Waals surface area contributed by atoms with E-state index in [0.717, 1.165) is 27.9 Å². The van der Waals surface area contributed by atoms with Crippen molar-refractivity contribution in [2.24, 2.45) is 0 Å². The van der Waals surface area contributed by atoms with Crippen LogP contribution in [0.3, 0.4) is 0 Å². The van der Waals surface area contributed by atoms with Crippen molar-refractivity contribution in [1.82, 2.24) is 4.98 Å². The van der Waals surface area contributed by atoms with E-state index in [1.807, 2.05) is 31.2 Å². The molecule has 2 aromatic rings. The van der Waals surface area contributed by atoms with Gasteiger partial charge in [0.2, 0.25) is 0 Å². The normalized spacial score (nSPS) is 22.5. The molecular weight excluding hydrogens is 302 g/mol. The van der Waals surface area contributed by atoms with Crippen LogP contribution in [0.15, 0.2) is 24.3 Å². The Balaban J connectivity index is 2.27. The summed E-state index contributed by atoms with van der Waals surface area (Å²) in [5, 5.41) is 0.972. The average molecular weight is 313 g/mol. The van der Waals surface area contributed by atoms with Gasteiger partial charge in [0, 0.05) is 23.1 Å². The average Bonchev–Trinajstić information content (AvgIpc) is 2.69. The van der Waals surface area contributed by atoms with Crippen LogP contribution in [0, 0.1) is 6.92 Å². The summed E-state index contributed by atoms with van der Waals surface area (Å²) in [6.45, 7) is 2.01. The van der Waals surface area contributed by atoms with E-state index in [2.05, 4.69) is 20.9 Å². The van der Waals surface area contributed by atoms with E-state index in [1.54, 1.807) is 0 Å². The van der Waals surface area contributed by atoms with Gasteiger partial charge in [0.15, 0.2) is 5.06 Å². The first-order chi connectivity index (χ1) is 8.13. The highest BCUT2D eigenvalue weighted by Gasteiger charge is 2.38. The number of fused-ring (bicyclic) bond motifs is 3. The van der Waals surface area contributed by atoms with Crippen LogP contribution in [0.2, 0.25) is 0 Å². The molecule has 0 bridgehead atoms. The van der Waals surface area contributed by atoms with E-state index in [9.17, 15) is 0 Å². The number of pyridine rings is 1. The monoisotopic (exact) mass is 311 g/mol. The van der Waals surface area contributed by atoms with Crippen molar-refractivity contribution in [3.05, 3.63) is 35.5 Å². The molecule has 1 aliphatic rings. The highest BCUT2D eigenvalue weighted by molar-refractivity contribution is 9.09. The van der Waals surface area contributed by atoms with Gasteiger partial charge in [-0.25, -0.2) is 0 Å². The van der Waals surface area contributed by atoms with Crippen LogP contribution < -0.4 is 4.74 Å². The Morgan fingerprint density at radius 2 is 2.24 bits per heavy atom. The molecule has 1 aromatic heterocycles. The maximum absolute atomic E-state index is 6.40. The van der Waals surface area contributed by atoms with Gasteiger partial charge in [-0.3, -0.25) is 4.98 Å². The highest BCUT2D eigenvalue weighted by Crippen LogP contribution is 2.43. The van der Waals surface area contributed by atoms with Crippen LogP contribution in [0.5, 0.6) is 5.75 Å². The Morgan fingerprint density at radius 1 is 1.47 bits per heavy atom. The maximum atomic E-state index is 6.40. The molecule has 3 rings (SSSR count). The molecule has 88 valence electrons. The van der Waals surface area contributed by atoms with Crippen molar-refractivity contribution < 1.29 is 4.74 Å². The molecule has 0 amide bonds. The number of nitrogens with zero attached hydrogens (tertiary/aromatic N) is 1. The molecule has 0 fully saturated rings. The van der Waals surface area contributed by atoms with Crippen molar-refractivity contribution in [1.29, 1.82) is 0 Å². The summed E-state index contributed by atoms with van der Waals surface area (Å²) in [7, 11) is 0. The van der Waals surface area contributed by atoms with Crippen molar-refractivity contribution in [3.8, 4) is 5.75 Å². The zero-order chi connectivity index (χ0) is 12.0. The second-order valence-corrected chi connectivity index (χ2v) is 5.57. The van der Waals surface area contributed by atoms with E-state index in [0.29, 0.717) is 11.8 Å². The minimum Gasteiger partial charge on any atom is -0.470 e. The predicted molar refractivity (Wildman–Crippen MR) is 73.2 cm³/mol. The summed E-state index contributed by atoms with van der Waals surface area (Å²) >= 11 is 9.80. The Hall–Kier alpha value is -0.800. The van der Waals surface area contributed by atoms with Crippen LogP contribution >= 0.6 is 27.5 Å². The molecule has 0 radical (unpaired) electrons. The summed E-state index contributed by atoms with van der Waals surface area (Å²) in [4.78, 5) is 4.59. The molecule has 0 aliphatic carbocycles. The van der Waals surface area contributed by atoms with Crippen molar-refractivity contribution in [2.75, 3.05) is 5.33 Å². The number of halogens is 2. The largest absolute Gasteiger partial charge is 0.470 e. The molecule has 1 unspecified atom stereocenters. The number of ether oxygens (including phenoxy) is 1. The number of alkyl halides is 2. The summed E-state index contributed by atoms with van der Waals surface area (Å²) in [5.41, 5.74) is 3.08. The highest BCUT2D eigenvalue weighted by atomic mass is 79.9. The van der Waals surface area contributed by atoms with Gasteiger partial charge in [-0.1, -0.05) is 39.7 Å². The Kier molecular flexibility index (Phi) is 2.56. The number of hydrogen-bond acceptors (Lipinski definition) is 2. The van der Waals surface area contributed by atoms with Crippen LogP contribution in [-0.2, 0) is 6.42 Å². The SMILES string of the molecule is Cc1nc2ccccc2c2c1CC(Cl)(CBr)O2. The molecule has 0 saturated carbocycles. The summed E-state index contributed by atoms with van der Waals surface area (Å²) in [6.07, 6.45) is 0.693. The molecular formula is C13H11BrClNO. The van der Waals surface area contributed by atoms with Gasteiger partial charge in [-0.2, -0.15) is 0 Å². The van der Waals surface area contributed by atoms with Crippen molar-refractivity contribution >= 4 is 38.4 Å². The minimum atomic E-state index is -0.668. The third kappa shape index (κ3) is 1.72. The van der Waals surface area contributed by atoms with Crippen LogP contribution in [-0.4, -0.2) is 15.4 Å². The third-order valence-corrected chi connectivity index (χ3v) is 4.65. The number of hydrogen-bond donors (Lipinski definition) is 0. The zero-order valence-corrected chi connectivity index (χ0v) is 11.7. The van der Waals surface area contributed by atoms with Crippen molar-refractivity contribution in [3.63, 3.8) is 0 Å². The van der Waals surface area contributed by atoms with Gasteiger partial charge in [0.05, 0.1) is 10.8 Å². The van der Waals surface area contributed by atoms with Crippen molar-refractivity contribution in [2.45, 2.75) is 18.4 Å². The lowest BCUT2D eigenvalue weighted by Gasteiger charge is -2.17. The first-order valence-corrected chi connectivity index (χ1v) is 6.95. The summed E-state index contributed by atoms with van der Waals surface area (Å²) in [6, 6.07) is 7.99. The van der Waals surface area contributed by atoms with E-state index in [1.165, 1.54) is 0 Å². The fraction of sp³-hybridized carbons (Fsp3) is 0.308. The molecule has 1 atom stereocenters. The van der Waals surface area contributed by atoms with Crippen LogP contribution in [0.4, 0.5) is 0 Å². The lowest BCUT2D eigenvalue weighted by Crippen LogP contribution is -2.28. The standard InChI is InChI=1S/C13H11BrClNO/c1-8-10-6-13(15,7-14)17-12(10)9-4-2-3-5-11(9)16-8/h2-5H,6-7H2,1H3. The van der Waals surface area contributed by atoms with Crippen LogP contribution in [0.25, 0.3) is 10.9 Å². The zero-order valence-electron chi connectivity index (χ0n) is 9.34. The fourth-order valence-corrected chi connectivity index (χ4v) is 2.74. The molecule has 2 heterocycles. The lowest BCUT2D eigenvalue weighted by molar-refractivity contribution is 0.218. The molecule has 4 heteroatoms. The van der Waals surface area contributed by atoms with Gasteiger partial charge in [0.1, 0.15) is 5.75 Å². The molecule has 0 spiro atoms. The van der Waals surface area contributed by atoms with E-state index >= 15 is 0 Å². The molecule has 1 aliphatic heterocycles. The topological polar surface area (TPSA) is 22.1 Å². The quantitative estimate of drug-likeness (QED) is 0.747. The number of aryl methyl sites for hydroxylation is 1. The molecule has 0 saturated heterocycles. The smallest absolute Gasteiger partial charge is 0.196 e. The Morgan fingerprint density at radius 3 is 3.00 bits per heavy atom. The summed E-state index contributed by atoms with van der Waals surface area (Å²) in [5.74, 6) is 0.891. The van der Waals surface area contributed by atoms with Gasteiger partial charge in [-0.15, -0.1) is 0 Å².